The van der Waals surface area contributed by atoms with E-state index in [1.165, 1.54) is 11.8 Å². The quantitative estimate of drug-likeness (QED) is 0.379. The van der Waals surface area contributed by atoms with Gasteiger partial charge in [-0.05, 0) is 30.9 Å². The zero-order valence-corrected chi connectivity index (χ0v) is 18.3. The van der Waals surface area contributed by atoms with Crippen LogP contribution in [0.3, 0.4) is 0 Å². The number of rotatable bonds is 6. The summed E-state index contributed by atoms with van der Waals surface area (Å²) in [5.74, 6) is -0.242. The number of thioether (sulfide) groups is 1. The second-order valence-electron chi connectivity index (χ2n) is 6.17. The largest absolute Gasteiger partial charge is 0.348 e. The molecule has 2 aromatic carbocycles. The van der Waals surface area contributed by atoms with Crippen molar-refractivity contribution in [3.05, 3.63) is 81.5 Å². The minimum atomic E-state index is -0.242. The van der Waals surface area contributed by atoms with E-state index in [0.29, 0.717) is 44.3 Å². The maximum atomic E-state index is 12.9. The Labute approximate surface area is 184 Å². The number of benzene rings is 2. The Morgan fingerprint density at radius 2 is 1.86 bits per heavy atom. The molecule has 0 atom stereocenters. The highest BCUT2D eigenvalue weighted by Crippen LogP contribution is 2.31. The summed E-state index contributed by atoms with van der Waals surface area (Å²) in [6.45, 7) is 2.19. The summed E-state index contributed by atoms with van der Waals surface area (Å²) in [5, 5.41) is 4.35. The number of nitrogens with zero attached hydrogens (tertiary/aromatic N) is 2. The van der Waals surface area contributed by atoms with Crippen LogP contribution in [0.1, 0.15) is 21.6 Å². The Morgan fingerprint density at radius 1 is 1.10 bits per heavy atom. The monoisotopic (exact) mass is 443 g/mol. The Hall–Kier alpha value is -2.34. The normalized spacial score (nSPS) is 11.0. The van der Waals surface area contributed by atoms with Crippen LogP contribution in [-0.4, -0.2) is 28.7 Å². The minimum Gasteiger partial charge on any atom is -0.348 e. The molecule has 0 unspecified atom stereocenters. The molecule has 3 aromatic rings. The molecule has 0 fully saturated rings. The lowest BCUT2D eigenvalue weighted by Crippen LogP contribution is -2.26. The molecule has 0 saturated heterocycles. The van der Waals surface area contributed by atoms with Gasteiger partial charge in [0.15, 0.2) is 5.16 Å². The van der Waals surface area contributed by atoms with Crippen LogP contribution >= 0.6 is 35.0 Å². The third kappa shape index (κ3) is 5.38. The van der Waals surface area contributed by atoms with E-state index in [1.807, 2.05) is 48.7 Å². The molecule has 0 aliphatic rings. The van der Waals surface area contributed by atoms with Crippen molar-refractivity contribution >= 4 is 46.9 Å². The number of aryl methyl sites for hydroxylation is 1. The standard InChI is InChI=1S/C22H19Cl2N3OS/c1-14-19(21(28)25-12-6-9-15-7-4-3-5-8-15)20(27-22(26-14)29-2)16-10-11-17(23)18(24)13-16/h3-11,13H,12H2,1-2H3,(H,25,28). The van der Waals surface area contributed by atoms with Crippen molar-refractivity contribution in [2.75, 3.05) is 12.8 Å². The first-order valence-electron chi connectivity index (χ1n) is 8.87. The summed E-state index contributed by atoms with van der Waals surface area (Å²) < 4.78 is 0. The predicted octanol–water partition coefficient (Wildman–Crippen LogP) is 5.92. The molecule has 3 rings (SSSR count). The van der Waals surface area contributed by atoms with Gasteiger partial charge in [-0.2, -0.15) is 0 Å². The van der Waals surface area contributed by atoms with Gasteiger partial charge < -0.3 is 5.32 Å². The molecule has 0 aliphatic carbocycles. The molecule has 148 valence electrons. The lowest BCUT2D eigenvalue weighted by atomic mass is 10.0. The Bertz CT molecular complexity index is 1060. The Balaban J connectivity index is 1.88. The summed E-state index contributed by atoms with van der Waals surface area (Å²) in [6.07, 6.45) is 5.75. The number of carbonyl (C=O) groups excluding carboxylic acids is 1. The molecule has 0 radical (unpaired) electrons. The van der Waals surface area contributed by atoms with Crippen molar-refractivity contribution in [1.82, 2.24) is 15.3 Å². The number of amides is 1. The Morgan fingerprint density at radius 3 is 2.55 bits per heavy atom. The molecule has 1 amide bonds. The number of hydrogen-bond acceptors (Lipinski definition) is 4. The van der Waals surface area contributed by atoms with Crippen molar-refractivity contribution in [3.8, 4) is 11.3 Å². The predicted molar refractivity (Wildman–Crippen MR) is 122 cm³/mol. The fraction of sp³-hybridized carbons (Fsp3) is 0.136. The van der Waals surface area contributed by atoms with Crippen LogP contribution in [0, 0.1) is 6.92 Å². The number of halogens is 2. The van der Waals surface area contributed by atoms with Gasteiger partial charge in [0.25, 0.3) is 5.91 Å². The van der Waals surface area contributed by atoms with E-state index < -0.39 is 0 Å². The van der Waals surface area contributed by atoms with Crippen molar-refractivity contribution < 1.29 is 4.79 Å². The molecular weight excluding hydrogens is 425 g/mol. The summed E-state index contributed by atoms with van der Waals surface area (Å²) in [7, 11) is 0. The van der Waals surface area contributed by atoms with Crippen LogP contribution in [-0.2, 0) is 0 Å². The van der Waals surface area contributed by atoms with Crippen LogP contribution < -0.4 is 5.32 Å². The molecule has 1 aromatic heterocycles. The molecule has 29 heavy (non-hydrogen) atoms. The van der Waals surface area contributed by atoms with Gasteiger partial charge in [-0.3, -0.25) is 4.79 Å². The number of nitrogens with one attached hydrogen (secondary N) is 1. The second kappa shape index (κ2) is 9.92. The van der Waals surface area contributed by atoms with Gasteiger partial charge >= 0.3 is 0 Å². The summed E-state index contributed by atoms with van der Waals surface area (Å²) in [4.78, 5) is 21.9. The highest BCUT2D eigenvalue weighted by Gasteiger charge is 2.20. The molecular formula is C22H19Cl2N3OS. The number of hydrogen-bond donors (Lipinski definition) is 1. The third-order valence-electron chi connectivity index (χ3n) is 4.16. The molecule has 0 saturated carbocycles. The fourth-order valence-electron chi connectivity index (χ4n) is 2.76. The zero-order chi connectivity index (χ0) is 20.8. The van der Waals surface area contributed by atoms with E-state index in [1.54, 1.807) is 25.1 Å². The van der Waals surface area contributed by atoms with Gasteiger partial charge in [-0.1, -0.05) is 83.5 Å². The van der Waals surface area contributed by atoms with Gasteiger partial charge in [-0.25, -0.2) is 9.97 Å². The van der Waals surface area contributed by atoms with Crippen molar-refractivity contribution in [2.24, 2.45) is 0 Å². The fourth-order valence-corrected chi connectivity index (χ4v) is 3.47. The minimum absolute atomic E-state index is 0.242. The topological polar surface area (TPSA) is 54.9 Å². The van der Waals surface area contributed by atoms with Crippen molar-refractivity contribution in [2.45, 2.75) is 12.1 Å². The van der Waals surface area contributed by atoms with Gasteiger partial charge in [0.05, 0.1) is 27.0 Å². The molecule has 0 bridgehead atoms. The maximum absolute atomic E-state index is 12.9. The highest BCUT2D eigenvalue weighted by atomic mass is 35.5. The molecule has 4 nitrogen and oxygen atoms in total. The van der Waals surface area contributed by atoms with Crippen molar-refractivity contribution in [3.63, 3.8) is 0 Å². The highest BCUT2D eigenvalue weighted by molar-refractivity contribution is 7.98. The Kier molecular flexibility index (Phi) is 7.31. The molecule has 1 N–H and O–H groups in total. The summed E-state index contributed by atoms with van der Waals surface area (Å²) in [6, 6.07) is 15.1. The zero-order valence-electron chi connectivity index (χ0n) is 15.9. The second-order valence-corrected chi connectivity index (χ2v) is 7.76. The van der Waals surface area contributed by atoms with Gasteiger partial charge in [0.1, 0.15) is 0 Å². The van der Waals surface area contributed by atoms with Crippen LogP contribution in [0.2, 0.25) is 10.0 Å². The molecule has 1 heterocycles. The lowest BCUT2D eigenvalue weighted by Gasteiger charge is -2.13. The molecule has 0 aliphatic heterocycles. The van der Waals surface area contributed by atoms with Crippen LogP contribution in [0.5, 0.6) is 0 Å². The van der Waals surface area contributed by atoms with Crippen molar-refractivity contribution in [1.29, 1.82) is 0 Å². The first-order valence-corrected chi connectivity index (χ1v) is 10.9. The SMILES string of the molecule is CSc1nc(C)c(C(=O)NCC=Cc2ccccc2)c(-c2ccc(Cl)c(Cl)c2)n1. The average Bonchev–Trinajstić information content (AvgIpc) is 2.73. The van der Waals surface area contributed by atoms with E-state index >= 15 is 0 Å². The van der Waals surface area contributed by atoms with Gasteiger partial charge in [0, 0.05) is 12.1 Å². The van der Waals surface area contributed by atoms with Crippen LogP contribution in [0.25, 0.3) is 17.3 Å². The number of carbonyl (C=O) groups is 1. The van der Waals surface area contributed by atoms with E-state index in [0.717, 1.165) is 5.56 Å². The van der Waals surface area contributed by atoms with E-state index in [2.05, 4.69) is 15.3 Å². The van der Waals surface area contributed by atoms with E-state index in [4.69, 9.17) is 23.2 Å². The lowest BCUT2D eigenvalue weighted by molar-refractivity contribution is 0.0957. The van der Waals surface area contributed by atoms with E-state index in [-0.39, 0.29) is 5.91 Å². The third-order valence-corrected chi connectivity index (χ3v) is 5.45. The van der Waals surface area contributed by atoms with E-state index in [9.17, 15) is 4.79 Å². The first kappa shape index (κ1) is 21.4. The van der Waals surface area contributed by atoms with Gasteiger partial charge in [-0.15, -0.1) is 0 Å². The summed E-state index contributed by atoms with van der Waals surface area (Å²) >= 11 is 13.6. The summed E-state index contributed by atoms with van der Waals surface area (Å²) in [5.41, 5.74) is 3.35. The molecule has 7 heteroatoms. The van der Waals surface area contributed by atoms with Gasteiger partial charge in [0.2, 0.25) is 0 Å². The maximum Gasteiger partial charge on any atom is 0.255 e. The smallest absolute Gasteiger partial charge is 0.255 e. The molecule has 0 spiro atoms. The van der Waals surface area contributed by atoms with Crippen LogP contribution in [0.15, 0.2) is 59.8 Å². The average molecular weight is 444 g/mol. The first-order chi connectivity index (χ1) is 14.0. The number of aromatic nitrogens is 2. The van der Waals surface area contributed by atoms with Crippen LogP contribution in [0.4, 0.5) is 0 Å².